The summed E-state index contributed by atoms with van der Waals surface area (Å²) in [6.07, 6.45) is -0.564. The molecule has 0 aliphatic carbocycles. The first-order valence-corrected chi connectivity index (χ1v) is 11.1. The summed E-state index contributed by atoms with van der Waals surface area (Å²) in [6.45, 7) is 3.18. The summed E-state index contributed by atoms with van der Waals surface area (Å²) in [4.78, 5) is 9.51. The third-order valence-corrected chi connectivity index (χ3v) is 5.49. The van der Waals surface area contributed by atoms with Crippen LogP contribution in [0.5, 0.6) is 0 Å². The quantitative estimate of drug-likeness (QED) is 0.348. The van der Waals surface area contributed by atoms with E-state index in [1.165, 1.54) is 12.1 Å². The Balaban J connectivity index is 1.86. The van der Waals surface area contributed by atoms with Crippen molar-refractivity contribution in [2.75, 3.05) is 6.61 Å². The van der Waals surface area contributed by atoms with Gasteiger partial charge in [0.1, 0.15) is 14.0 Å². The Kier molecular flexibility index (Phi) is 7.63. The van der Waals surface area contributed by atoms with Crippen LogP contribution in [0.3, 0.4) is 0 Å². The lowest BCUT2D eigenvalue weighted by Crippen LogP contribution is -2.31. The molecular formula is C15H22BO9PS. The van der Waals surface area contributed by atoms with Crippen molar-refractivity contribution in [2.45, 2.75) is 56.1 Å². The van der Waals surface area contributed by atoms with Crippen LogP contribution >= 0.6 is 7.82 Å². The van der Waals surface area contributed by atoms with Gasteiger partial charge in [-0.2, -0.15) is 8.42 Å². The van der Waals surface area contributed by atoms with Crippen LogP contribution in [0, 0.1) is 0 Å². The van der Waals surface area contributed by atoms with Gasteiger partial charge < -0.3 is 14.4 Å². The van der Waals surface area contributed by atoms with E-state index in [0.29, 0.717) is 12.0 Å². The molecule has 4 atom stereocenters. The Morgan fingerprint density at radius 2 is 1.93 bits per heavy atom. The van der Waals surface area contributed by atoms with Crippen molar-refractivity contribution in [3.05, 3.63) is 29.8 Å². The summed E-state index contributed by atoms with van der Waals surface area (Å²) in [5, 5.41) is 0. The average Bonchev–Trinajstić information content (AvgIpc) is 2.89. The standard InChI is InChI=1S/C15H22BO9PS/c1-10(2)24-13-7-15(16)25-14(13)9-23-26(17,18)22-8-11-3-5-12(6-4-11)27(19,20)21/h3-6,10,13-15H,7-9H2,1-2H3,(H,17,18)(H,19,20,21)/t13?,14-,15-/m1/s1. The fourth-order valence-corrected chi connectivity index (χ4v) is 3.71. The van der Waals surface area contributed by atoms with Gasteiger partial charge in [0.25, 0.3) is 10.1 Å². The number of hydrogen-bond acceptors (Lipinski definition) is 7. The van der Waals surface area contributed by atoms with Gasteiger partial charge in [0.15, 0.2) is 0 Å². The second-order valence-corrected chi connectivity index (χ2v) is 9.20. The predicted octanol–water partition coefficient (Wildman–Crippen LogP) is 1.64. The maximum atomic E-state index is 12.0. The summed E-state index contributed by atoms with van der Waals surface area (Å²) >= 11 is 0. The summed E-state index contributed by atoms with van der Waals surface area (Å²) in [5.41, 5.74) is 0.417. The van der Waals surface area contributed by atoms with E-state index in [1.54, 1.807) is 0 Å². The van der Waals surface area contributed by atoms with Gasteiger partial charge in [-0.3, -0.25) is 13.6 Å². The zero-order valence-electron chi connectivity index (χ0n) is 14.9. The van der Waals surface area contributed by atoms with Gasteiger partial charge in [0.05, 0.1) is 30.3 Å². The molecule has 9 nitrogen and oxygen atoms in total. The molecule has 0 aromatic heterocycles. The Labute approximate surface area is 159 Å². The van der Waals surface area contributed by atoms with Gasteiger partial charge in [0.2, 0.25) is 0 Å². The first-order chi connectivity index (χ1) is 12.5. The van der Waals surface area contributed by atoms with Gasteiger partial charge >= 0.3 is 7.82 Å². The Morgan fingerprint density at radius 3 is 2.48 bits per heavy atom. The first kappa shape index (κ1) is 22.5. The fraction of sp³-hybridized carbons (Fsp3) is 0.600. The molecule has 1 fully saturated rings. The van der Waals surface area contributed by atoms with Crippen molar-refractivity contribution in [1.29, 1.82) is 0 Å². The molecule has 1 aliphatic heterocycles. The number of benzene rings is 1. The summed E-state index contributed by atoms with van der Waals surface area (Å²) in [7, 11) is -2.96. The fourth-order valence-electron chi connectivity index (χ4n) is 2.51. The zero-order chi connectivity index (χ0) is 20.2. The van der Waals surface area contributed by atoms with Crippen LogP contribution in [0.4, 0.5) is 0 Å². The summed E-state index contributed by atoms with van der Waals surface area (Å²) in [5.74, 6) is 0. The molecule has 0 bridgehead atoms. The molecule has 1 aromatic rings. The highest BCUT2D eigenvalue weighted by Gasteiger charge is 2.36. The molecule has 0 amide bonds. The van der Waals surface area contributed by atoms with Crippen molar-refractivity contribution >= 4 is 25.8 Å². The third kappa shape index (κ3) is 7.28. The van der Waals surface area contributed by atoms with E-state index in [1.807, 2.05) is 13.8 Å². The van der Waals surface area contributed by atoms with Gasteiger partial charge in [-0.25, -0.2) is 4.57 Å². The minimum atomic E-state index is -4.38. The lowest BCUT2D eigenvalue weighted by Gasteiger charge is -2.22. The van der Waals surface area contributed by atoms with Crippen LogP contribution in [-0.4, -0.2) is 56.6 Å². The minimum Gasteiger partial charge on any atom is -0.380 e. The van der Waals surface area contributed by atoms with Gasteiger partial charge in [-0.1, -0.05) is 12.1 Å². The van der Waals surface area contributed by atoms with E-state index in [0.717, 1.165) is 12.1 Å². The van der Waals surface area contributed by atoms with Crippen molar-refractivity contribution in [1.82, 2.24) is 0 Å². The number of phosphoric acid groups is 1. The normalized spacial score (nSPS) is 25.6. The van der Waals surface area contributed by atoms with E-state index in [9.17, 15) is 17.9 Å². The molecule has 1 aliphatic rings. The van der Waals surface area contributed by atoms with E-state index < -0.39 is 30.0 Å². The summed E-state index contributed by atoms with van der Waals surface area (Å²) in [6, 6.07) is 4.45. The average molecular weight is 420 g/mol. The van der Waals surface area contributed by atoms with Crippen LogP contribution in [-0.2, 0) is 39.8 Å². The van der Waals surface area contributed by atoms with Gasteiger partial charge in [-0.05, 0) is 38.0 Å². The molecule has 2 unspecified atom stereocenters. The van der Waals surface area contributed by atoms with Crippen molar-refractivity contribution in [3.63, 3.8) is 0 Å². The van der Waals surface area contributed by atoms with Crippen molar-refractivity contribution in [2.24, 2.45) is 0 Å². The predicted molar refractivity (Wildman–Crippen MR) is 95.9 cm³/mol. The van der Waals surface area contributed by atoms with Gasteiger partial charge in [-0.15, -0.1) is 0 Å². The lowest BCUT2D eigenvalue weighted by molar-refractivity contribution is -0.0583. The zero-order valence-corrected chi connectivity index (χ0v) is 16.6. The highest BCUT2D eigenvalue weighted by molar-refractivity contribution is 7.85. The smallest absolute Gasteiger partial charge is 0.380 e. The van der Waals surface area contributed by atoms with Crippen LogP contribution in [0.15, 0.2) is 29.2 Å². The highest BCUT2D eigenvalue weighted by Crippen LogP contribution is 2.45. The lowest BCUT2D eigenvalue weighted by atomic mass is 9.96. The molecule has 2 N–H and O–H groups in total. The SMILES string of the molecule is [B][C@H]1CC(OC(C)C)[C@@H](COP(=O)(O)OCc2ccc(S(=O)(=O)O)cc2)O1. The van der Waals surface area contributed by atoms with Crippen LogP contribution in [0.25, 0.3) is 0 Å². The molecule has 150 valence electrons. The minimum absolute atomic E-state index is 0.0608. The van der Waals surface area contributed by atoms with Crippen LogP contribution in [0.1, 0.15) is 25.8 Å². The third-order valence-electron chi connectivity index (χ3n) is 3.69. The Hall–Kier alpha value is -0.775. The molecule has 2 rings (SSSR count). The number of hydrogen-bond donors (Lipinski definition) is 2. The molecule has 1 heterocycles. The van der Waals surface area contributed by atoms with Gasteiger partial charge in [0, 0.05) is 6.00 Å². The highest BCUT2D eigenvalue weighted by atomic mass is 32.2. The largest absolute Gasteiger partial charge is 0.472 e. The maximum absolute atomic E-state index is 12.0. The number of phosphoric ester groups is 1. The molecule has 12 heteroatoms. The second kappa shape index (κ2) is 9.15. The van der Waals surface area contributed by atoms with E-state index in [4.69, 9.17) is 30.9 Å². The number of ether oxygens (including phenoxy) is 2. The first-order valence-electron chi connectivity index (χ1n) is 8.21. The Morgan fingerprint density at radius 1 is 1.30 bits per heavy atom. The second-order valence-electron chi connectivity index (χ2n) is 6.33. The van der Waals surface area contributed by atoms with E-state index >= 15 is 0 Å². The molecule has 0 spiro atoms. The Bertz CT molecular complexity index is 768. The molecule has 1 aromatic carbocycles. The van der Waals surface area contributed by atoms with E-state index in [-0.39, 0.29) is 30.3 Å². The molecule has 0 saturated carbocycles. The molecule has 27 heavy (non-hydrogen) atoms. The molecule has 1 saturated heterocycles. The van der Waals surface area contributed by atoms with E-state index in [2.05, 4.69) is 0 Å². The van der Waals surface area contributed by atoms with Crippen LogP contribution < -0.4 is 0 Å². The molecule has 2 radical (unpaired) electrons. The maximum Gasteiger partial charge on any atom is 0.472 e. The number of rotatable bonds is 9. The van der Waals surface area contributed by atoms with Crippen molar-refractivity contribution < 1.29 is 41.0 Å². The topological polar surface area (TPSA) is 129 Å². The van der Waals surface area contributed by atoms with Crippen LogP contribution in [0.2, 0.25) is 0 Å². The summed E-state index contributed by atoms with van der Waals surface area (Å²) < 4.78 is 63.9. The molecular weight excluding hydrogens is 398 g/mol. The monoisotopic (exact) mass is 420 g/mol. The van der Waals surface area contributed by atoms with Crippen molar-refractivity contribution in [3.8, 4) is 0 Å².